The first kappa shape index (κ1) is 12.7. The quantitative estimate of drug-likeness (QED) is 0.801. The average Bonchev–Trinajstić information content (AvgIpc) is 2.12. The van der Waals surface area contributed by atoms with Gasteiger partial charge >= 0.3 is 0 Å². The van der Waals surface area contributed by atoms with Gasteiger partial charge in [-0.05, 0) is 53.9 Å². The molecule has 0 saturated heterocycles. The van der Waals surface area contributed by atoms with Gasteiger partial charge in [-0.2, -0.15) is 0 Å². The van der Waals surface area contributed by atoms with Crippen molar-refractivity contribution < 1.29 is 12.8 Å². The first-order chi connectivity index (χ1) is 8.24. The summed E-state index contributed by atoms with van der Waals surface area (Å²) in [5.41, 5.74) is 0.481. The molecule has 18 heavy (non-hydrogen) atoms. The van der Waals surface area contributed by atoms with Crippen LogP contribution in [0.15, 0.2) is 18.2 Å². The van der Waals surface area contributed by atoms with Crippen molar-refractivity contribution in [3.8, 4) is 0 Å². The van der Waals surface area contributed by atoms with Gasteiger partial charge in [-0.25, -0.2) is 12.8 Å². The van der Waals surface area contributed by atoms with E-state index in [9.17, 15) is 12.8 Å². The SMILES string of the molecule is O=S(=O)(Cl)CC12CC(c3cc(F)ccc3Cl)(C1)C2. The van der Waals surface area contributed by atoms with Crippen molar-refractivity contribution in [3.63, 3.8) is 0 Å². The number of hydrogen-bond acceptors (Lipinski definition) is 2. The Balaban J connectivity index is 1.82. The minimum Gasteiger partial charge on any atom is -0.212 e. The van der Waals surface area contributed by atoms with Gasteiger partial charge in [0.2, 0.25) is 9.05 Å². The van der Waals surface area contributed by atoms with Crippen molar-refractivity contribution in [3.05, 3.63) is 34.6 Å². The monoisotopic (exact) mass is 308 g/mol. The van der Waals surface area contributed by atoms with Crippen LogP contribution in [0.1, 0.15) is 24.8 Å². The van der Waals surface area contributed by atoms with Crippen molar-refractivity contribution in [2.45, 2.75) is 24.7 Å². The maximum Gasteiger partial charge on any atom is 0.233 e. The second kappa shape index (κ2) is 3.62. The van der Waals surface area contributed by atoms with Gasteiger partial charge in [-0.3, -0.25) is 0 Å². The highest BCUT2D eigenvalue weighted by Gasteiger charge is 2.69. The largest absolute Gasteiger partial charge is 0.233 e. The van der Waals surface area contributed by atoms with Crippen molar-refractivity contribution in [2.24, 2.45) is 5.41 Å². The van der Waals surface area contributed by atoms with Crippen LogP contribution in [-0.4, -0.2) is 14.2 Å². The van der Waals surface area contributed by atoms with E-state index in [1.165, 1.54) is 12.1 Å². The zero-order chi connectivity index (χ0) is 13.2. The maximum absolute atomic E-state index is 13.2. The van der Waals surface area contributed by atoms with Gasteiger partial charge in [0, 0.05) is 15.7 Å². The van der Waals surface area contributed by atoms with Crippen LogP contribution in [-0.2, 0) is 14.5 Å². The molecule has 0 aliphatic heterocycles. The molecule has 0 spiro atoms. The lowest BCUT2D eigenvalue weighted by atomic mass is 9.34. The van der Waals surface area contributed by atoms with Gasteiger partial charge in [0.25, 0.3) is 0 Å². The summed E-state index contributed by atoms with van der Waals surface area (Å²) >= 11 is 6.09. The molecule has 0 atom stereocenters. The molecule has 0 unspecified atom stereocenters. The van der Waals surface area contributed by atoms with Crippen LogP contribution in [0.2, 0.25) is 5.02 Å². The third-order valence-corrected chi connectivity index (χ3v) is 5.73. The molecule has 98 valence electrons. The van der Waals surface area contributed by atoms with E-state index in [0.29, 0.717) is 5.02 Å². The first-order valence-corrected chi connectivity index (χ1v) is 8.47. The molecule has 0 radical (unpaired) electrons. The van der Waals surface area contributed by atoms with Crippen molar-refractivity contribution >= 4 is 31.3 Å². The molecule has 3 fully saturated rings. The minimum absolute atomic E-state index is 0.0102. The van der Waals surface area contributed by atoms with Crippen LogP contribution in [0.25, 0.3) is 0 Å². The molecular weight excluding hydrogens is 298 g/mol. The molecule has 0 heterocycles. The molecule has 1 aromatic carbocycles. The molecule has 1 aromatic rings. The summed E-state index contributed by atoms with van der Waals surface area (Å²) < 4.78 is 35.5. The van der Waals surface area contributed by atoms with Crippen LogP contribution in [0, 0.1) is 11.2 Å². The fourth-order valence-corrected chi connectivity index (χ4v) is 5.76. The molecule has 2 bridgehead atoms. The van der Waals surface area contributed by atoms with E-state index in [1.54, 1.807) is 6.07 Å². The number of halogens is 3. The van der Waals surface area contributed by atoms with E-state index in [0.717, 1.165) is 24.8 Å². The molecule has 3 aliphatic rings. The van der Waals surface area contributed by atoms with Crippen LogP contribution in [0.5, 0.6) is 0 Å². The predicted octanol–water partition coefficient (Wildman–Crippen LogP) is 3.47. The fraction of sp³-hybridized carbons (Fsp3) is 0.500. The lowest BCUT2D eigenvalue weighted by Crippen LogP contribution is -2.66. The Morgan fingerprint density at radius 3 is 2.44 bits per heavy atom. The highest BCUT2D eigenvalue weighted by Crippen LogP contribution is 2.74. The van der Waals surface area contributed by atoms with Crippen molar-refractivity contribution in [2.75, 3.05) is 5.75 Å². The lowest BCUT2D eigenvalue weighted by Gasteiger charge is -2.71. The Bertz CT molecular complexity index is 607. The highest BCUT2D eigenvalue weighted by molar-refractivity contribution is 8.13. The van der Waals surface area contributed by atoms with E-state index in [1.807, 2.05) is 0 Å². The molecule has 0 N–H and O–H groups in total. The van der Waals surface area contributed by atoms with E-state index in [4.69, 9.17) is 22.3 Å². The summed E-state index contributed by atoms with van der Waals surface area (Å²) in [5.74, 6) is -0.297. The molecule has 3 aliphatic carbocycles. The van der Waals surface area contributed by atoms with Gasteiger partial charge in [0.05, 0.1) is 5.75 Å². The molecule has 4 rings (SSSR count). The first-order valence-electron chi connectivity index (χ1n) is 5.62. The Kier molecular flexibility index (Phi) is 2.55. The van der Waals surface area contributed by atoms with Crippen LogP contribution < -0.4 is 0 Å². The normalized spacial score (nSPS) is 33.7. The van der Waals surface area contributed by atoms with Crippen LogP contribution in [0.3, 0.4) is 0 Å². The van der Waals surface area contributed by atoms with Crippen LogP contribution >= 0.6 is 22.3 Å². The summed E-state index contributed by atoms with van der Waals surface area (Å²) in [6.07, 6.45) is 2.19. The topological polar surface area (TPSA) is 34.1 Å². The zero-order valence-electron chi connectivity index (χ0n) is 9.42. The second-order valence-electron chi connectivity index (χ2n) is 5.62. The fourth-order valence-electron chi connectivity index (χ4n) is 3.71. The summed E-state index contributed by atoms with van der Waals surface area (Å²) in [6.45, 7) is 0. The van der Waals surface area contributed by atoms with Gasteiger partial charge in [0.15, 0.2) is 0 Å². The maximum atomic E-state index is 13.2. The molecule has 0 amide bonds. The average molecular weight is 309 g/mol. The third kappa shape index (κ3) is 1.86. The smallest absolute Gasteiger partial charge is 0.212 e. The Hall–Kier alpha value is -0.320. The minimum atomic E-state index is -3.47. The molecule has 3 saturated carbocycles. The van der Waals surface area contributed by atoms with E-state index < -0.39 is 9.05 Å². The summed E-state index contributed by atoms with van der Waals surface area (Å²) in [4.78, 5) is 0. The Morgan fingerprint density at radius 2 is 1.89 bits per heavy atom. The molecular formula is C12H11Cl2FO2S. The van der Waals surface area contributed by atoms with Crippen molar-refractivity contribution in [1.29, 1.82) is 0 Å². The lowest BCUT2D eigenvalue weighted by molar-refractivity contribution is -0.122. The number of hydrogen-bond donors (Lipinski definition) is 0. The summed E-state index contributed by atoms with van der Waals surface area (Å²) in [7, 11) is 1.82. The summed E-state index contributed by atoms with van der Waals surface area (Å²) in [5, 5.41) is 0.554. The summed E-state index contributed by atoms with van der Waals surface area (Å²) in [6, 6.07) is 4.34. The van der Waals surface area contributed by atoms with Gasteiger partial charge in [-0.1, -0.05) is 11.6 Å². The predicted molar refractivity (Wildman–Crippen MR) is 69.0 cm³/mol. The van der Waals surface area contributed by atoms with Gasteiger partial charge < -0.3 is 0 Å². The standard InChI is InChI=1S/C12H11Cl2FO2S/c13-10-2-1-8(15)3-9(10)12-4-11(5-12,6-12)7-18(14,16)17/h1-3H,4-7H2. The molecule has 2 nitrogen and oxygen atoms in total. The van der Waals surface area contributed by atoms with Crippen molar-refractivity contribution in [1.82, 2.24) is 0 Å². The Morgan fingerprint density at radius 1 is 1.28 bits per heavy atom. The van der Waals surface area contributed by atoms with Gasteiger partial charge in [-0.15, -0.1) is 0 Å². The van der Waals surface area contributed by atoms with Gasteiger partial charge in [0.1, 0.15) is 5.82 Å². The zero-order valence-corrected chi connectivity index (χ0v) is 11.7. The van der Waals surface area contributed by atoms with E-state index in [2.05, 4.69) is 0 Å². The Labute approximate surface area is 115 Å². The number of rotatable bonds is 3. The van der Waals surface area contributed by atoms with Crippen LogP contribution in [0.4, 0.5) is 4.39 Å². The third-order valence-electron chi connectivity index (χ3n) is 4.12. The molecule has 6 heteroatoms. The number of benzene rings is 1. The van der Waals surface area contributed by atoms with E-state index >= 15 is 0 Å². The van der Waals surface area contributed by atoms with E-state index in [-0.39, 0.29) is 22.4 Å². The molecule has 0 aromatic heterocycles. The highest BCUT2D eigenvalue weighted by atomic mass is 35.7. The second-order valence-corrected chi connectivity index (χ2v) is 8.80.